The van der Waals surface area contributed by atoms with Gasteiger partial charge >= 0.3 is 5.97 Å². The van der Waals surface area contributed by atoms with Gasteiger partial charge in [0.25, 0.3) is 5.91 Å². The quantitative estimate of drug-likeness (QED) is 0.826. The molecule has 1 atom stereocenters. The smallest absolute Gasteiger partial charge is 0.344 e. The summed E-state index contributed by atoms with van der Waals surface area (Å²) in [6.45, 7) is 4.98. The fourth-order valence-corrected chi connectivity index (χ4v) is 4.47. The minimum atomic E-state index is -0.656. The zero-order chi connectivity index (χ0) is 18.8. The van der Waals surface area contributed by atoms with Crippen LogP contribution in [0.4, 0.5) is 5.00 Å². The van der Waals surface area contributed by atoms with Crippen molar-refractivity contribution in [2.75, 3.05) is 11.9 Å². The maximum atomic E-state index is 12.2. The summed E-state index contributed by atoms with van der Waals surface area (Å²) in [5.74, 6) is -0.212. The average Bonchev–Trinajstić information content (AvgIpc) is 3.11. The van der Waals surface area contributed by atoms with Crippen LogP contribution in [0.25, 0.3) is 0 Å². The number of fused-ring (bicyclic) bond motifs is 1. The number of esters is 1. The van der Waals surface area contributed by atoms with Crippen LogP contribution in [0.15, 0.2) is 4.52 Å². The van der Waals surface area contributed by atoms with Gasteiger partial charge in [0, 0.05) is 4.88 Å². The van der Waals surface area contributed by atoms with E-state index in [1.807, 2.05) is 0 Å². The monoisotopic (exact) mass is 373 g/mol. The Balaban J connectivity index is 1.66. The molecule has 1 amide bonds. The van der Waals surface area contributed by atoms with Crippen LogP contribution in [0.1, 0.15) is 51.2 Å². The summed E-state index contributed by atoms with van der Waals surface area (Å²) in [4.78, 5) is 25.4. The lowest BCUT2D eigenvalue weighted by Gasteiger charge is -2.17. The Bertz CT molecular complexity index is 887. The van der Waals surface area contributed by atoms with Crippen molar-refractivity contribution in [3.8, 4) is 6.07 Å². The standard InChI is InChI=1S/C18H19N3O4S/c1-9-4-5-12-13(7-19)17(26-14(12)6-9)20-15(22)8-24-18(23)16-10(2)21-25-11(16)3/h9H,4-6,8H2,1-3H3,(H,20,22). The number of nitrogens with one attached hydrogen (secondary N) is 1. The zero-order valence-electron chi connectivity index (χ0n) is 14.8. The third-order valence-corrected chi connectivity index (χ3v) is 5.62. The molecular formula is C18H19N3O4S. The Morgan fingerprint density at radius 2 is 2.23 bits per heavy atom. The van der Waals surface area contributed by atoms with Gasteiger partial charge in [-0.2, -0.15) is 5.26 Å². The molecule has 1 N–H and O–H groups in total. The van der Waals surface area contributed by atoms with Gasteiger partial charge in [-0.25, -0.2) is 4.79 Å². The van der Waals surface area contributed by atoms with Crippen LogP contribution in [0.5, 0.6) is 0 Å². The number of thiophene rings is 1. The van der Waals surface area contributed by atoms with Crippen molar-refractivity contribution in [1.82, 2.24) is 5.16 Å². The van der Waals surface area contributed by atoms with Gasteiger partial charge in [0.15, 0.2) is 6.61 Å². The van der Waals surface area contributed by atoms with Crippen molar-refractivity contribution in [3.05, 3.63) is 33.0 Å². The van der Waals surface area contributed by atoms with Crippen LogP contribution in [-0.4, -0.2) is 23.6 Å². The molecule has 0 aromatic carbocycles. The van der Waals surface area contributed by atoms with E-state index in [0.717, 1.165) is 29.7 Å². The largest absolute Gasteiger partial charge is 0.452 e. The first-order valence-electron chi connectivity index (χ1n) is 8.35. The van der Waals surface area contributed by atoms with Crippen LogP contribution >= 0.6 is 11.3 Å². The first-order chi connectivity index (χ1) is 12.4. The molecule has 136 valence electrons. The molecule has 0 saturated heterocycles. The van der Waals surface area contributed by atoms with E-state index in [1.54, 1.807) is 13.8 Å². The van der Waals surface area contributed by atoms with E-state index < -0.39 is 18.5 Å². The normalized spacial score (nSPS) is 15.8. The van der Waals surface area contributed by atoms with E-state index in [0.29, 0.717) is 27.9 Å². The molecule has 1 aliphatic carbocycles. The van der Waals surface area contributed by atoms with Crippen LogP contribution in [0.2, 0.25) is 0 Å². The van der Waals surface area contributed by atoms with Gasteiger partial charge in [-0.15, -0.1) is 11.3 Å². The van der Waals surface area contributed by atoms with E-state index in [4.69, 9.17) is 9.26 Å². The molecule has 1 aliphatic rings. The molecule has 2 heterocycles. The lowest BCUT2D eigenvalue weighted by Crippen LogP contribution is -2.21. The maximum Gasteiger partial charge on any atom is 0.344 e. The number of anilines is 1. The van der Waals surface area contributed by atoms with Crippen molar-refractivity contribution in [2.24, 2.45) is 5.92 Å². The van der Waals surface area contributed by atoms with E-state index in [-0.39, 0.29) is 5.56 Å². The first-order valence-corrected chi connectivity index (χ1v) is 9.16. The average molecular weight is 373 g/mol. The Morgan fingerprint density at radius 3 is 2.88 bits per heavy atom. The fourth-order valence-electron chi connectivity index (χ4n) is 3.10. The first kappa shape index (κ1) is 18.1. The molecule has 0 spiro atoms. The van der Waals surface area contributed by atoms with Gasteiger partial charge in [0.05, 0.1) is 11.3 Å². The van der Waals surface area contributed by atoms with Crippen molar-refractivity contribution in [1.29, 1.82) is 5.26 Å². The molecule has 2 aromatic rings. The molecule has 3 rings (SSSR count). The summed E-state index contributed by atoms with van der Waals surface area (Å²) >= 11 is 1.44. The number of carbonyl (C=O) groups excluding carboxylic acids is 2. The molecular weight excluding hydrogens is 354 g/mol. The van der Waals surface area contributed by atoms with Gasteiger partial charge in [0.2, 0.25) is 0 Å². The van der Waals surface area contributed by atoms with E-state index in [1.165, 1.54) is 11.3 Å². The number of rotatable bonds is 4. The van der Waals surface area contributed by atoms with Gasteiger partial charge in [0.1, 0.15) is 22.4 Å². The van der Waals surface area contributed by atoms with E-state index in [9.17, 15) is 14.9 Å². The molecule has 0 fully saturated rings. The number of nitrogens with zero attached hydrogens (tertiary/aromatic N) is 2. The number of aromatic nitrogens is 1. The van der Waals surface area contributed by atoms with Crippen molar-refractivity contribution >= 4 is 28.2 Å². The Morgan fingerprint density at radius 1 is 1.46 bits per heavy atom. The number of hydrogen-bond acceptors (Lipinski definition) is 7. The molecule has 2 aromatic heterocycles. The summed E-state index contributed by atoms with van der Waals surface area (Å²) in [6.07, 6.45) is 2.82. The lowest BCUT2D eigenvalue weighted by molar-refractivity contribution is -0.119. The Labute approximate surface area is 154 Å². The summed E-state index contributed by atoms with van der Waals surface area (Å²) in [5, 5.41) is 16.4. The SMILES string of the molecule is Cc1noc(C)c1C(=O)OCC(=O)Nc1sc2c(c1C#N)CCC(C)C2. The van der Waals surface area contributed by atoms with Crippen LogP contribution < -0.4 is 5.32 Å². The minimum absolute atomic E-state index is 0.232. The molecule has 26 heavy (non-hydrogen) atoms. The number of hydrogen-bond donors (Lipinski definition) is 1. The predicted molar refractivity (Wildman–Crippen MR) is 95.1 cm³/mol. The van der Waals surface area contributed by atoms with E-state index in [2.05, 4.69) is 23.5 Å². The molecule has 0 saturated carbocycles. The maximum absolute atomic E-state index is 12.2. The highest BCUT2D eigenvalue weighted by atomic mass is 32.1. The minimum Gasteiger partial charge on any atom is -0.452 e. The number of aryl methyl sites for hydroxylation is 2. The van der Waals surface area contributed by atoms with Crippen molar-refractivity contribution < 1.29 is 18.8 Å². The molecule has 0 aliphatic heterocycles. The highest BCUT2D eigenvalue weighted by Crippen LogP contribution is 2.39. The number of nitriles is 1. The second kappa shape index (κ2) is 7.30. The summed E-state index contributed by atoms with van der Waals surface area (Å²) in [5.41, 5.74) is 2.22. The van der Waals surface area contributed by atoms with Crippen molar-refractivity contribution in [2.45, 2.75) is 40.0 Å². The molecule has 7 nitrogen and oxygen atoms in total. The summed E-state index contributed by atoms with van der Waals surface area (Å²) in [7, 11) is 0. The van der Waals surface area contributed by atoms with Crippen LogP contribution in [-0.2, 0) is 22.4 Å². The van der Waals surface area contributed by atoms with Crippen LogP contribution in [0, 0.1) is 31.1 Å². The third kappa shape index (κ3) is 3.48. The van der Waals surface area contributed by atoms with Gasteiger partial charge < -0.3 is 14.6 Å². The summed E-state index contributed by atoms with van der Waals surface area (Å²) in [6, 6.07) is 2.19. The van der Waals surface area contributed by atoms with Gasteiger partial charge in [-0.05, 0) is 44.6 Å². The summed E-state index contributed by atoms with van der Waals surface area (Å²) < 4.78 is 9.96. The Kier molecular flexibility index (Phi) is 5.09. The topological polar surface area (TPSA) is 105 Å². The van der Waals surface area contributed by atoms with Gasteiger partial charge in [-0.1, -0.05) is 12.1 Å². The molecule has 0 bridgehead atoms. The molecule has 0 radical (unpaired) electrons. The van der Waals surface area contributed by atoms with E-state index >= 15 is 0 Å². The fraction of sp³-hybridized carbons (Fsp3) is 0.444. The number of ether oxygens (including phenoxy) is 1. The third-order valence-electron chi connectivity index (χ3n) is 4.45. The highest BCUT2D eigenvalue weighted by molar-refractivity contribution is 7.16. The van der Waals surface area contributed by atoms with Crippen molar-refractivity contribution in [3.63, 3.8) is 0 Å². The highest BCUT2D eigenvalue weighted by Gasteiger charge is 2.25. The second-order valence-electron chi connectivity index (χ2n) is 6.49. The predicted octanol–water partition coefficient (Wildman–Crippen LogP) is 3.14. The zero-order valence-corrected chi connectivity index (χ0v) is 15.7. The van der Waals surface area contributed by atoms with Crippen LogP contribution in [0.3, 0.4) is 0 Å². The number of amides is 1. The van der Waals surface area contributed by atoms with Gasteiger partial charge in [-0.3, -0.25) is 4.79 Å². The number of carbonyl (C=O) groups is 2. The molecule has 8 heteroatoms. The molecule has 1 unspecified atom stereocenters. The Hall–Kier alpha value is -2.66. The second-order valence-corrected chi connectivity index (χ2v) is 7.60. The lowest BCUT2D eigenvalue weighted by atomic mass is 9.89.